The average molecular weight is 606 g/mol. The fourth-order valence-electron chi connectivity index (χ4n) is 5.44. The van der Waals surface area contributed by atoms with Gasteiger partial charge in [0.1, 0.15) is 0 Å². The summed E-state index contributed by atoms with van der Waals surface area (Å²) in [5.41, 5.74) is 0.400. The number of amides is 2. The Balaban J connectivity index is 1.28. The van der Waals surface area contributed by atoms with Gasteiger partial charge in [0.05, 0.1) is 28.0 Å². The molecule has 3 fully saturated rings. The number of Topliss-reactive ketones (excluding diaryl/α,β-unsaturated/α-hetero) is 1. The van der Waals surface area contributed by atoms with Gasteiger partial charge in [-0.15, -0.1) is 0 Å². The molecule has 180 valence electrons. The van der Waals surface area contributed by atoms with Crippen LogP contribution in [0.3, 0.4) is 0 Å². The van der Waals surface area contributed by atoms with E-state index in [0.717, 1.165) is 11.3 Å². The number of imide groups is 1. The van der Waals surface area contributed by atoms with Gasteiger partial charge in [0.25, 0.3) is 5.69 Å². The summed E-state index contributed by atoms with van der Waals surface area (Å²) >= 11 is 7.32. The number of ether oxygens (including phenoxy) is 1. The molecule has 1 saturated heterocycles. The molecule has 3 aliphatic rings. The molecule has 2 bridgehead atoms. The monoisotopic (exact) mass is 604 g/mol. The number of non-ortho nitro benzene ring substituents is 1. The van der Waals surface area contributed by atoms with Crippen LogP contribution in [0, 0.1) is 33.8 Å². The van der Waals surface area contributed by atoms with Crippen molar-refractivity contribution in [1.29, 1.82) is 0 Å². The highest BCUT2D eigenvalue weighted by atomic mass is 79.9. The lowest BCUT2D eigenvalue weighted by Gasteiger charge is -2.28. The van der Waals surface area contributed by atoms with Crippen molar-refractivity contribution < 1.29 is 28.8 Å². The first-order valence-corrected chi connectivity index (χ1v) is 12.7. The molecule has 35 heavy (non-hydrogen) atoms. The number of nitro benzene ring substituents is 1. The van der Waals surface area contributed by atoms with Crippen LogP contribution in [0.15, 0.2) is 48.5 Å². The third kappa shape index (κ3) is 3.90. The van der Waals surface area contributed by atoms with Gasteiger partial charge in [0, 0.05) is 27.4 Å². The average Bonchev–Trinajstić information content (AvgIpc) is 3.47. The number of rotatable bonds is 6. The molecular formula is C24H18Br2N2O7. The Morgan fingerprint density at radius 3 is 2.14 bits per heavy atom. The molecule has 1 heterocycles. The van der Waals surface area contributed by atoms with Gasteiger partial charge in [0.2, 0.25) is 11.8 Å². The van der Waals surface area contributed by atoms with E-state index in [9.17, 15) is 29.3 Å². The lowest BCUT2D eigenvalue weighted by molar-refractivity contribution is -0.384. The van der Waals surface area contributed by atoms with Crippen molar-refractivity contribution in [3.63, 3.8) is 0 Å². The Hall–Kier alpha value is -2.92. The lowest BCUT2D eigenvalue weighted by atomic mass is 9.81. The molecule has 11 heteroatoms. The molecule has 2 aliphatic carbocycles. The Morgan fingerprint density at radius 1 is 0.971 bits per heavy atom. The fourth-order valence-corrected chi connectivity index (χ4v) is 7.32. The molecule has 6 atom stereocenters. The Labute approximate surface area is 216 Å². The van der Waals surface area contributed by atoms with Gasteiger partial charge < -0.3 is 4.74 Å². The minimum atomic E-state index is -0.789. The van der Waals surface area contributed by atoms with Crippen LogP contribution in [0.4, 0.5) is 11.4 Å². The molecule has 0 aromatic heterocycles. The van der Waals surface area contributed by atoms with E-state index in [1.807, 2.05) is 0 Å². The number of fused-ring (bicyclic) bond motifs is 5. The summed E-state index contributed by atoms with van der Waals surface area (Å²) in [5, 5.41) is 10.7. The third-order valence-corrected chi connectivity index (χ3v) is 10.3. The van der Waals surface area contributed by atoms with Crippen LogP contribution in [0.1, 0.15) is 27.1 Å². The van der Waals surface area contributed by atoms with Crippen LogP contribution in [0.5, 0.6) is 0 Å². The standard InChI is InChI=1S/C24H18Br2N2O7/c25-20-15-9-16(21(20)26)19-18(15)22(30)27(23(19)31)14-3-1-2-12(8-14)24(32)35-10-17(29)11-4-6-13(7-5-11)28(33)34/h1-8,15-16,18-21H,9-10H2/t15-,16+,18-,19-,20-,21+/m0/s1. The van der Waals surface area contributed by atoms with Crippen molar-refractivity contribution in [3.8, 4) is 0 Å². The van der Waals surface area contributed by atoms with Gasteiger partial charge in [-0.25, -0.2) is 4.79 Å². The zero-order chi connectivity index (χ0) is 25.0. The van der Waals surface area contributed by atoms with Crippen LogP contribution >= 0.6 is 31.9 Å². The van der Waals surface area contributed by atoms with Gasteiger partial charge in [-0.1, -0.05) is 37.9 Å². The van der Waals surface area contributed by atoms with Gasteiger partial charge >= 0.3 is 5.97 Å². The highest BCUT2D eigenvalue weighted by molar-refractivity contribution is 9.12. The number of hydrogen-bond acceptors (Lipinski definition) is 7. The molecule has 9 nitrogen and oxygen atoms in total. The van der Waals surface area contributed by atoms with Gasteiger partial charge in [-0.05, 0) is 48.6 Å². The molecule has 0 unspecified atom stereocenters. The van der Waals surface area contributed by atoms with Crippen molar-refractivity contribution in [2.75, 3.05) is 11.5 Å². The molecule has 0 spiro atoms. The first-order valence-electron chi connectivity index (χ1n) is 10.9. The largest absolute Gasteiger partial charge is 0.454 e. The number of nitro groups is 1. The normalized spacial score (nSPS) is 28.8. The first-order chi connectivity index (χ1) is 16.7. The van der Waals surface area contributed by atoms with Crippen LogP contribution in [-0.4, -0.2) is 44.8 Å². The molecule has 0 radical (unpaired) electrons. The van der Waals surface area contributed by atoms with E-state index >= 15 is 0 Å². The second kappa shape index (κ2) is 8.94. The SMILES string of the molecule is O=C(COC(=O)c1cccc(N2C(=O)[C@H]3[C@@H]4C[C@@H]([C@@H](Br)[C@H]4Br)[C@@H]3C2=O)c1)c1ccc([N+](=O)[O-])cc1. The van der Waals surface area contributed by atoms with E-state index in [1.54, 1.807) is 12.1 Å². The van der Waals surface area contributed by atoms with Gasteiger partial charge in [-0.3, -0.25) is 29.4 Å². The zero-order valence-electron chi connectivity index (χ0n) is 18.0. The predicted octanol–water partition coefficient (Wildman–Crippen LogP) is 3.92. The van der Waals surface area contributed by atoms with E-state index in [0.29, 0.717) is 5.69 Å². The van der Waals surface area contributed by atoms with Crippen molar-refractivity contribution >= 4 is 66.8 Å². The maximum Gasteiger partial charge on any atom is 0.338 e. The molecule has 5 rings (SSSR count). The first kappa shape index (κ1) is 23.8. The molecule has 2 aromatic carbocycles. The van der Waals surface area contributed by atoms with E-state index in [2.05, 4.69) is 31.9 Å². The minimum absolute atomic E-state index is 0.0782. The number of esters is 1. The van der Waals surface area contributed by atoms with Crippen LogP contribution < -0.4 is 4.90 Å². The van der Waals surface area contributed by atoms with Gasteiger partial charge in [0.15, 0.2) is 12.4 Å². The summed E-state index contributed by atoms with van der Waals surface area (Å²) in [5.74, 6) is -2.41. The Morgan fingerprint density at radius 2 is 1.57 bits per heavy atom. The molecule has 0 N–H and O–H groups in total. The van der Waals surface area contributed by atoms with Crippen molar-refractivity contribution in [2.24, 2.45) is 23.7 Å². The number of ketones is 1. The maximum atomic E-state index is 13.2. The van der Waals surface area contributed by atoms with Crippen LogP contribution in [0.25, 0.3) is 0 Å². The lowest BCUT2D eigenvalue weighted by Crippen LogP contribution is -2.37. The number of anilines is 1. The Bertz CT molecular complexity index is 1230. The minimum Gasteiger partial charge on any atom is -0.454 e. The number of alkyl halides is 2. The number of benzene rings is 2. The van der Waals surface area contributed by atoms with Crippen molar-refractivity contribution in [3.05, 3.63) is 69.8 Å². The second-order valence-electron chi connectivity index (χ2n) is 8.87. The maximum absolute atomic E-state index is 13.2. The van der Waals surface area contributed by atoms with E-state index in [-0.39, 0.29) is 62.0 Å². The van der Waals surface area contributed by atoms with E-state index < -0.39 is 23.3 Å². The summed E-state index contributed by atoms with van der Waals surface area (Å²) < 4.78 is 5.12. The summed E-state index contributed by atoms with van der Waals surface area (Å²) in [6.07, 6.45) is 0.821. The van der Waals surface area contributed by atoms with Crippen LogP contribution in [-0.2, 0) is 14.3 Å². The molecular weight excluding hydrogens is 588 g/mol. The van der Waals surface area contributed by atoms with Crippen LogP contribution in [0.2, 0.25) is 0 Å². The van der Waals surface area contributed by atoms with Crippen molar-refractivity contribution in [1.82, 2.24) is 0 Å². The number of carbonyl (C=O) groups excluding carboxylic acids is 4. The highest BCUT2D eigenvalue weighted by Crippen LogP contribution is 2.60. The highest BCUT2D eigenvalue weighted by Gasteiger charge is 2.66. The zero-order valence-corrected chi connectivity index (χ0v) is 21.2. The third-order valence-electron chi connectivity index (χ3n) is 7.06. The summed E-state index contributed by atoms with van der Waals surface area (Å²) in [4.78, 5) is 62.9. The molecule has 1 aliphatic heterocycles. The number of halogens is 2. The smallest absolute Gasteiger partial charge is 0.338 e. The second-order valence-corrected chi connectivity index (χ2v) is 11.0. The summed E-state index contributed by atoms with van der Waals surface area (Å²) in [7, 11) is 0. The molecule has 2 saturated carbocycles. The summed E-state index contributed by atoms with van der Waals surface area (Å²) in [6, 6.07) is 11.0. The van der Waals surface area contributed by atoms with E-state index in [4.69, 9.17) is 4.74 Å². The fraction of sp³-hybridized carbons (Fsp3) is 0.333. The number of carbonyl (C=O) groups is 4. The van der Waals surface area contributed by atoms with Gasteiger partial charge in [-0.2, -0.15) is 0 Å². The van der Waals surface area contributed by atoms with E-state index in [1.165, 1.54) is 36.4 Å². The topological polar surface area (TPSA) is 124 Å². The summed E-state index contributed by atoms with van der Waals surface area (Å²) in [6.45, 7) is -0.560. The number of hydrogen-bond donors (Lipinski definition) is 0. The molecule has 2 aromatic rings. The predicted molar refractivity (Wildman–Crippen MR) is 131 cm³/mol. The quantitative estimate of drug-likeness (QED) is 0.122. The van der Waals surface area contributed by atoms with Crippen molar-refractivity contribution in [2.45, 2.75) is 16.1 Å². The molecule has 2 amide bonds. The Kier molecular flexibility index (Phi) is 6.08. The number of nitrogens with zero attached hydrogens (tertiary/aromatic N) is 2.